The molecule has 0 spiro atoms. The van der Waals surface area contributed by atoms with Gasteiger partial charge in [0, 0.05) is 11.6 Å². The first kappa shape index (κ1) is 11.9. The number of hydrogen-bond acceptors (Lipinski definition) is 1. The third kappa shape index (κ3) is 4.15. The topological polar surface area (TPSA) is 3.24 Å². The lowest BCUT2D eigenvalue weighted by molar-refractivity contribution is 0.316. The van der Waals surface area contributed by atoms with E-state index < -0.39 is 0 Å². The van der Waals surface area contributed by atoms with Crippen LogP contribution in [0, 0.1) is 5.92 Å². The Morgan fingerprint density at radius 3 is 2.88 bits per heavy atom. The van der Waals surface area contributed by atoms with Gasteiger partial charge in [-0.15, -0.1) is 0 Å². The first-order valence-corrected chi connectivity index (χ1v) is 6.55. The Hall–Kier alpha value is -0.530. The minimum Gasteiger partial charge on any atom is -0.302 e. The van der Waals surface area contributed by atoms with E-state index >= 15 is 0 Å². The van der Waals surface area contributed by atoms with Crippen molar-refractivity contribution in [3.63, 3.8) is 0 Å². The van der Waals surface area contributed by atoms with Gasteiger partial charge in [0.15, 0.2) is 0 Å². The van der Waals surface area contributed by atoms with Gasteiger partial charge in [-0.3, -0.25) is 0 Å². The third-order valence-corrected chi connectivity index (χ3v) is 3.43. The van der Waals surface area contributed by atoms with Crippen molar-refractivity contribution in [1.82, 2.24) is 4.90 Å². The fraction of sp³-hybridized carbons (Fsp3) is 0.571. The number of benzene rings is 1. The average Bonchev–Trinajstić information content (AvgIpc) is 3.01. The maximum absolute atomic E-state index is 5.96. The molecule has 0 radical (unpaired) electrons. The summed E-state index contributed by atoms with van der Waals surface area (Å²) in [6, 6.07) is 8.15. The summed E-state index contributed by atoms with van der Waals surface area (Å²) in [7, 11) is 2.19. The van der Waals surface area contributed by atoms with E-state index in [0.29, 0.717) is 0 Å². The highest BCUT2D eigenvalue weighted by Crippen LogP contribution is 2.33. The van der Waals surface area contributed by atoms with E-state index in [9.17, 15) is 0 Å². The maximum Gasteiger partial charge on any atom is 0.0409 e. The molecule has 1 nitrogen and oxygen atoms in total. The molecule has 0 unspecified atom stereocenters. The van der Waals surface area contributed by atoms with E-state index in [-0.39, 0.29) is 0 Å². The molecular weight excluding hydrogens is 218 g/mol. The Labute approximate surface area is 103 Å². The molecule has 0 aromatic heterocycles. The molecule has 0 amide bonds. The molecule has 88 valence electrons. The van der Waals surface area contributed by atoms with E-state index in [1.165, 1.54) is 37.8 Å². The van der Waals surface area contributed by atoms with Crippen molar-refractivity contribution in [3.8, 4) is 0 Å². The molecule has 1 aliphatic rings. The van der Waals surface area contributed by atoms with Gasteiger partial charge in [-0.05, 0) is 50.0 Å². The quantitative estimate of drug-likeness (QED) is 0.724. The molecular formula is C14H20ClN. The summed E-state index contributed by atoms with van der Waals surface area (Å²) in [6.45, 7) is 2.20. The second-order valence-corrected chi connectivity index (χ2v) is 5.39. The summed E-state index contributed by atoms with van der Waals surface area (Å²) >= 11 is 5.96. The van der Waals surface area contributed by atoms with E-state index in [4.69, 9.17) is 11.6 Å². The van der Waals surface area contributed by atoms with Gasteiger partial charge in [-0.25, -0.2) is 0 Å². The van der Waals surface area contributed by atoms with Gasteiger partial charge in [0.1, 0.15) is 0 Å². The van der Waals surface area contributed by atoms with E-state index in [1.54, 1.807) is 0 Å². The fourth-order valence-electron chi connectivity index (χ4n) is 2.08. The summed E-state index contributed by atoms with van der Waals surface area (Å²) in [5.74, 6) is 1.06. The summed E-state index contributed by atoms with van der Waals surface area (Å²) in [5, 5.41) is 0.837. The van der Waals surface area contributed by atoms with Gasteiger partial charge in [-0.1, -0.05) is 36.6 Å². The number of nitrogens with zero attached hydrogens (tertiary/aromatic N) is 1. The van der Waals surface area contributed by atoms with Crippen molar-refractivity contribution < 1.29 is 0 Å². The molecule has 0 heterocycles. The predicted molar refractivity (Wildman–Crippen MR) is 69.7 cm³/mol. The second kappa shape index (κ2) is 5.70. The van der Waals surface area contributed by atoms with Crippen LogP contribution < -0.4 is 0 Å². The molecule has 16 heavy (non-hydrogen) atoms. The fourth-order valence-corrected chi connectivity index (χ4v) is 2.30. The molecule has 0 atom stereocenters. The SMILES string of the molecule is CN(CCCC1CC1)Cc1cccc(Cl)c1. The summed E-state index contributed by atoms with van der Waals surface area (Å²) in [4.78, 5) is 2.38. The average molecular weight is 238 g/mol. The predicted octanol–water partition coefficient (Wildman–Crippen LogP) is 3.96. The van der Waals surface area contributed by atoms with Crippen LogP contribution >= 0.6 is 11.6 Å². The van der Waals surface area contributed by atoms with Crippen LogP contribution in [0.1, 0.15) is 31.2 Å². The van der Waals surface area contributed by atoms with Gasteiger partial charge in [0.05, 0.1) is 0 Å². The standard InChI is InChI=1S/C14H20ClN/c1-16(9-3-5-12-7-8-12)11-13-4-2-6-14(15)10-13/h2,4,6,10,12H,3,5,7-9,11H2,1H3. The van der Waals surface area contributed by atoms with Crippen molar-refractivity contribution in [2.24, 2.45) is 5.92 Å². The Bertz CT molecular complexity index is 333. The molecule has 0 bridgehead atoms. The van der Waals surface area contributed by atoms with Crippen LogP contribution in [0.25, 0.3) is 0 Å². The van der Waals surface area contributed by atoms with Crippen molar-refractivity contribution >= 4 is 11.6 Å². The minimum atomic E-state index is 0.837. The maximum atomic E-state index is 5.96. The van der Waals surface area contributed by atoms with E-state index in [2.05, 4.69) is 24.1 Å². The first-order chi connectivity index (χ1) is 7.74. The zero-order valence-corrected chi connectivity index (χ0v) is 10.7. The molecule has 1 fully saturated rings. The third-order valence-electron chi connectivity index (χ3n) is 3.19. The van der Waals surface area contributed by atoms with E-state index in [0.717, 1.165) is 17.5 Å². The Morgan fingerprint density at radius 2 is 2.19 bits per heavy atom. The molecule has 1 aromatic rings. The van der Waals surface area contributed by atoms with Gasteiger partial charge in [0.2, 0.25) is 0 Å². The lowest BCUT2D eigenvalue weighted by atomic mass is 10.2. The Balaban J connectivity index is 1.70. The van der Waals surface area contributed by atoms with Crippen molar-refractivity contribution in [1.29, 1.82) is 0 Å². The lowest BCUT2D eigenvalue weighted by Crippen LogP contribution is -2.19. The number of rotatable bonds is 6. The molecule has 2 rings (SSSR count). The highest BCUT2D eigenvalue weighted by Gasteiger charge is 2.20. The van der Waals surface area contributed by atoms with Crippen molar-refractivity contribution in [3.05, 3.63) is 34.9 Å². The molecule has 0 saturated heterocycles. The summed E-state index contributed by atoms with van der Waals surface area (Å²) < 4.78 is 0. The van der Waals surface area contributed by atoms with Crippen LogP contribution in [0.15, 0.2) is 24.3 Å². The van der Waals surface area contributed by atoms with Crippen LogP contribution in [-0.4, -0.2) is 18.5 Å². The van der Waals surface area contributed by atoms with E-state index in [1.807, 2.05) is 12.1 Å². The first-order valence-electron chi connectivity index (χ1n) is 6.17. The largest absolute Gasteiger partial charge is 0.302 e. The molecule has 1 aromatic carbocycles. The Morgan fingerprint density at radius 1 is 1.38 bits per heavy atom. The van der Waals surface area contributed by atoms with Crippen molar-refractivity contribution in [2.45, 2.75) is 32.2 Å². The monoisotopic (exact) mass is 237 g/mol. The summed E-state index contributed by atoms with van der Waals surface area (Å²) in [5.41, 5.74) is 1.31. The number of hydrogen-bond donors (Lipinski definition) is 0. The highest BCUT2D eigenvalue weighted by atomic mass is 35.5. The molecule has 0 aliphatic heterocycles. The number of halogens is 1. The van der Waals surface area contributed by atoms with Gasteiger partial charge < -0.3 is 4.90 Å². The second-order valence-electron chi connectivity index (χ2n) is 4.95. The molecule has 0 N–H and O–H groups in total. The zero-order chi connectivity index (χ0) is 11.4. The van der Waals surface area contributed by atoms with Gasteiger partial charge >= 0.3 is 0 Å². The van der Waals surface area contributed by atoms with Crippen LogP contribution in [-0.2, 0) is 6.54 Å². The summed E-state index contributed by atoms with van der Waals surface area (Å²) in [6.07, 6.45) is 5.69. The molecule has 1 aliphatic carbocycles. The smallest absolute Gasteiger partial charge is 0.0409 e. The van der Waals surface area contributed by atoms with Crippen LogP contribution in [0.2, 0.25) is 5.02 Å². The van der Waals surface area contributed by atoms with Crippen LogP contribution in [0.5, 0.6) is 0 Å². The Kier molecular flexibility index (Phi) is 4.25. The van der Waals surface area contributed by atoms with Crippen molar-refractivity contribution in [2.75, 3.05) is 13.6 Å². The lowest BCUT2D eigenvalue weighted by Gasteiger charge is -2.16. The minimum absolute atomic E-state index is 0.837. The van der Waals surface area contributed by atoms with Crippen LogP contribution in [0.3, 0.4) is 0 Å². The zero-order valence-electron chi connectivity index (χ0n) is 9.95. The van der Waals surface area contributed by atoms with Crippen LogP contribution in [0.4, 0.5) is 0 Å². The highest BCUT2D eigenvalue weighted by molar-refractivity contribution is 6.30. The molecule has 1 saturated carbocycles. The normalized spacial score (nSPS) is 15.7. The van der Waals surface area contributed by atoms with Gasteiger partial charge in [-0.2, -0.15) is 0 Å². The van der Waals surface area contributed by atoms with Gasteiger partial charge in [0.25, 0.3) is 0 Å². The molecule has 2 heteroatoms.